The highest BCUT2D eigenvalue weighted by atomic mass is 35.5. The molecule has 0 aromatic rings. The van der Waals surface area contributed by atoms with Crippen LogP contribution < -0.4 is 5.32 Å². The van der Waals surface area contributed by atoms with Crippen LogP contribution in [0.15, 0.2) is 0 Å². The Balaban J connectivity index is 0.00000121. The summed E-state index contributed by atoms with van der Waals surface area (Å²) in [4.78, 5) is 17.0. The van der Waals surface area contributed by atoms with Gasteiger partial charge in [-0.2, -0.15) is 0 Å². The molecule has 0 saturated carbocycles. The van der Waals surface area contributed by atoms with E-state index in [0.717, 1.165) is 38.5 Å². The van der Waals surface area contributed by atoms with Gasteiger partial charge in [0.25, 0.3) is 0 Å². The zero-order valence-corrected chi connectivity index (χ0v) is 15.1. The molecule has 0 aromatic carbocycles. The van der Waals surface area contributed by atoms with Gasteiger partial charge in [0.1, 0.15) is 0 Å². The van der Waals surface area contributed by atoms with Crippen molar-refractivity contribution in [2.75, 3.05) is 32.7 Å². The van der Waals surface area contributed by atoms with Crippen LogP contribution >= 0.6 is 24.8 Å². The molecule has 0 bridgehead atoms. The largest absolute Gasteiger partial charge is 0.343 e. The van der Waals surface area contributed by atoms with E-state index in [-0.39, 0.29) is 24.8 Å². The molecule has 22 heavy (non-hydrogen) atoms. The van der Waals surface area contributed by atoms with Crippen LogP contribution in [0.25, 0.3) is 0 Å². The molecule has 0 aromatic heterocycles. The van der Waals surface area contributed by atoms with Gasteiger partial charge >= 0.3 is 0 Å². The molecule has 1 N–H and O–H groups in total. The summed E-state index contributed by atoms with van der Waals surface area (Å²) in [5.41, 5.74) is 0. The van der Waals surface area contributed by atoms with Gasteiger partial charge in [0.2, 0.25) is 5.91 Å². The van der Waals surface area contributed by atoms with Crippen molar-refractivity contribution in [2.24, 2.45) is 0 Å². The lowest BCUT2D eigenvalue weighted by Gasteiger charge is -2.36. The third kappa shape index (κ3) is 5.26. The number of likely N-dealkylation sites (tertiary alicyclic amines) is 2. The van der Waals surface area contributed by atoms with E-state index in [1.54, 1.807) is 0 Å². The van der Waals surface area contributed by atoms with Gasteiger partial charge in [0, 0.05) is 31.6 Å². The van der Waals surface area contributed by atoms with Crippen molar-refractivity contribution in [3.63, 3.8) is 0 Å². The molecule has 0 spiro atoms. The lowest BCUT2D eigenvalue weighted by Crippen LogP contribution is -2.46. The Morgan fingerprint density at radius 1 is 0.955 bits per heavy atom. The average molecular weight is 352 g/mol. The summed E-state index contributed by atoms with van der Waals surface area (Å²) in [6, 6.07) is 1.35. The first kappa shape index (κ1) is 20.0. The number of nitrogens with one attached hydrogen (secondary N) is 1. The van der Waals surface area contributed by atoms with Crippen LogP contribution in [-0.4, -0.2) is 60.5 Å². The maximum absolute atomic E-state index is 12.3. The molecule has 130 valence electrons. The molecule has 3 saturated heterocycles. The summed E-state index contributed by atoms with van der Waals surface area (Å²) < 4.78 is 0. The lowest BCUT2D eigenvalue weighted by molar-refractivity contribution is -0.132. The monoisotopic (exact) mass is 351 g/mol. The van der Waals surface area contributed by atoms with Gasteiger partial charge in [-0.05, 0) is 64.6 Å². The fraction of sp³-hybridized carbons (Fsp3) is 0.938. The van der Waals surface area contributed by atoms with Gasteiger partial charge in [-0.15, -0.1) is 24.8 Å². The molecule has 3 fully saturated rings. The summed E-state index contributed by atoms with van der Waals surface area (Å²) >= 11 is 0. The van der Waals surface area contributed by atoms with Gasteiger partial charge in [0.05, 0.1) is 0 Å². The number of piperidine rings is 1. The first-order valence-corrected chi connectivity index (χ1v) is 8.58. The Morgan fingerprint density at radius 2 is 1.64 bits per heavy atom. The normalized spacial score (nSPS) is 26.5. The minimum Gasteiger partial charge on any atom is -0.343 e. The van der Waals surface area contributed by atoms with E-state index in [2.05, 4.69) is 15.1 Å². The van der Waals surface area contributed by atoms with Gasteiger partial charge < -0.3 is 15.1 Å². The number of hydrogen-bond donors (Lipinski definition) is 1. The predicted octanol–water partition coefficient (Wildman–Crippen LogP) is 2.45. The first-order valence-electron chi connectivity index (χ1n) is 8.58. The van der Waals surface area contributed by atoms with Crippen molar-refractivity contribution in [3.05, 3.63) is 0 Å². The number of nitrogens with zero attached hydrogens (tertiary/aromatic N) is 2. The highest BCUT2D eigenvalue weighted by Gasteiger charge is 2.28. The first-order chi connectivity index (χ1) is 9.83. The summed E-state index contributed by atoms with van der Waals surface area (Å²) in [5, 5.41) is 3.48. The van der Waals surface area contributed by atoms with Gasteiger partial charge in [-0.1, -0.05) is 0 Å². The smallest absolute Gasteiger partial charge is 0.222 e. The predicted molar refractivity (Wildman–Crippen MR) is 95.2 cm³/mol. The zero-order valence-electron chi connectivity index (χ0n) is 13.5. The molecular formula is C16H31Cl2N3O. The van der Waals surface area contributed by atoms with Crippen molar-refractivity contribution in [1.29, 1.82) is 0 Å². The lowest BCUT2D eigenvalue weighted by atomic mass is 10.0. The number of carbonyl (C=O) groups is 1. The number of hydrogen-bond acceptors (Lipinski definition) is 3. The second-order valence-corrected chi connectivity index (χ2v) is 6.69. The minimum atomic E-state index is 0. The number of halogens is 2. The average Bonchev–Trinajstić information content (AvgIpc) is 3.18. The van der Waals surface area contributed by atoms with Crippen molar-refractivity contribution in [1.82, 2.24) is 15.1 Å². The molecule has 3 aliphatic heterocycles. The maximum atomic E-state index is 12.3. The SMILES string of the molecule is Cl.Cl.O=C(CCC1CCCN1)N1CCC(N2CCCC2)CC1. The molecule has 1 atom stereocenters. The summed E-state index contributed by atoms with van der Waals surface area (Å²) in [6.07, 6.45) is 9.42. The Bertz CT molecular complexity index is 323. The van der Waals surface area contributed by atoms with E-state index in [4.69, 9.17) is 0 Å². The fourth-order valence-corrected chi connectivity index (χ4v) is 4.05. The Morgan fingerprint density at radius 3 is 2.23 bits per heavy atom. The highest BCUT2D eigenvalue weighted by molar-refractivity contribution is 5.85. The molecule has 0 aliphatic carbocycles. The molecule has 3 aliphatic rings. The minimum absolute atomic E-state index is 0. The standard InChI is InChI=1S/C16H29N3O.2ClH/c20-16(6-5-14-4-3-9-17-14)19-12-7-15(8-13-19)18-10-1-2-11-18;;/h14-15,17H,1-13H2;2*1H. The quantitative estimate of drug-likeness (QED) is 0.844. The molecule has 1 amide bonds. The van der Waals surface area contributed by atoms with Crippen LogP contribution in [0, 0.1) is 0 Å². The van der Waals surface area contributed by atoms with E-state index in [1.807, 2.05) is 0 Å². The van der Waals surface area contributed by atoms with E-state index >= 15 is 0 Å². The molecular weight excluding hydrogens is 321 g/mol. The van der Waals surface area contributed by atoms with E-state index in [9.17, 15) is 4.79 Å². The van der Waals surface area contributed by atoms with Gasteiger partial charge in [0.15, 0.2) is 0 Å². The molecule has 4 nitrogen and oxygen atoms in total. The van der Waals surface area contributed by atoms with Crippen LogP contribution in [-0.2, 0) is 4.79 Å². The second kappa shape index (κ2) is 9.96. The van der Waals surface area contributed by atoms with Gasteiger partial charge in [-0.3, -0.25) is 4.79 Å². The third-order valence-corrected chi connectivity index (χ3v) is 5.34. The Hall–Kier alpha value is -0.0300. The van der Waals surface area contributed by atoms with Crippen molar-refractivity contribution in [2.45, 2.75) is 63.5 Å². The maximum Gasteiger partial charge on any atom is 0.222 e. The van der Waals surface area contributed by atoms with E-state index in [0.29, 0.717) is 11.9 Å². The molecule has 3 rings (SSSR count). The number of amides is 1. The number of carbonyl (C=O) groups excluding carboxylic acids is 1. The summed E-state index contributed by atoms with van der Waals surface area (Å²) in [5.74, 6) is 0.388. The van der Waals surface area contributed by atoms with Crippen LogP contribution in [0.5, 0.6) is 0 Å². The van der Waals surface area contributed by atoms with Gasteiger partial charge in [-0.25, -0.2) is 0 Å². The Kier molecular flexibility index (Phi) is 9.07. The Labute approximate surface area is 147 Å². The fourth-order valence-electron chi connectivity index (χ4n) is 4.05. The summed E-state index contributed by atoms with van der Waals surface area (Å²) in [7, 11) is 0. The van der Waals surface area contributed by atoms with Crippen molar-refractivity contribution >= 4 is 30.7 Å². The molecule has 1 unspecified atom stereocenters. The second-order valence-electron chi connectivity index (χ2n) is 6.69. The van der Waals surface area contributed by atoms with E-state index in [1.165, 1.54) is 51.6 Å². The molecule has 0 radical (unpaired) electrons. The molecule has 3 heterocycles. The third-order valence-electron chi connectivity index (χ3n) is 5.34. The van der Waals surface area contributed by atoms with Crippen LogP contribution in [0.2, 0.25) is 0 Å². The van der Waals surface area contributed by atoms with Crippen LogP contribution in [0.3, 0.4) is 0 Å². The zero-order chi connectivity index (χ0) is 13.8. The molecule has 6 heteroatoms. The van der Waals surface area contributed by atoms with Crippen LogP contribution in [0.1, 0.15) is 51.4 Å². The number of rotatable bonds is 4. The van der Waals surface area contributed by atoms with Crippen LogP contribution in [0.4, 0.5) is 0 Å². The van der Waals surface area contributed by atoms with Crippen molar-refractivity contribution < 1.29 is 4.79 Å². The van der Waals surface area contributed by atoms with E-state index < -0.39 is 0 Å². The highest BCUT2D eigenvalue weighted by Crippen LogP contribution is 2.22. The topological polar surface area (TPSA) is 35.6 Å². The summed E-state index contributed by atoms with van der Waals surface area (Å²) in [6.45, 7) is 5.67. The van der Waals surface area contributed by atoms with Crippen molar-refractivity contribution in [3.8, 4) is 0 Å².